The number of carbonyl (C=O) groups excluding carboxylic acids is 2. The standard InChI is InChI=1S/C20H16BrFN4O4/c1-2-29-20(28)18-19(30-12-17(27)14-6-8-15(21)9-7-14)26(25-24-18)23-11-13-4-3-5-16(22)10-13/h3-11H,2,12H2,1H3/b23-11-. The van der Waals surface area contributed by atoms with Crippen molar-refractivity contribution >= 4 is 33.9 Å². The predicted molar refractivity (Wildman–Crippen MR) is 109 cm³/mol. The molecule has 0 aliphatic carbocycles. The Bertz CT molecular complexity index is 1080. The Morgan fingerprint density at radius 2 is 2.00 bits per heavy atom. The van der Waals surface area contributed by atoms with Crippen LogP contribution in [0.3, 0.4) is 0 Å². The monoisotopic (exact) mass is 474 g/mol. The fourth-order valence-electron chi connectivity index (χ4n) is 2.36. The van der Waals surface area contributed by atoms with Crippen LogP contribution in [0.1, 0.15) is 33.3 Å². The number of ketones is 1. The van der Waals surface area contributed by atoms with E-state index in [4.69, 9.17) is 9.47 Å². The molecule has 8 nitrogen and oxygen atoms in total. The molecule has 0 saturated heterocycles. The number of benzene rings is 2. The molecule has 0 saturated carbocycles. The number of hydrogen-bond donors (Lipinski definition) is 0. The lowest BCUT2D eigenvalue weighted by Gasteiger charge is -2.07. The quantitative estimate of drug-likeness (QED) is 0.281. The summed E-state index contributed by atoms with van der Waals surface area (Å²) in [5, 5.41) is 11.5. The molecule has 0 bridgehead atoms. The van der Waals surface area contributed by atoms with Gasteiger partial charge in [-0.2, -0.15) is 5.10 Å². The summed E-state index contributed by atoms with van der Waals surface area (Å²) in [4.78, 5) is 25.5. The van der Waals surface area contributed by atoms with Crippen molar-refractivity contribution in [3.8, 4) is 5.88 Å². The molecule has 10 heteroatoms. The molecule has 30 heavy (non-hydrogen) atoms. The smallest absolute Gasteiger partial charge is 0.364 e. The molecule has 154 valence electrons. The Kier molecular flexibility index (Phi) is 7.02. The highest BCUT2D eigenvalue weighted by Crippen LogP contribution is 2.18. The van der Waals surface area contributed by atoms with Gasteiger partial charge in [-0.05, 0) is 42.0 Å². The van der Waals surface area contributed by atoms with Crippen LogP contribution in [0.15, 0.2) is 58.1 Å². The van der Waals surface area contributed by atoms with Gasteiger partial charge in [-0.25, -0.2) is 9.18 Å². The minimum Gasteiger partial charge on any atom is -0.466 e. The van der Waals surface area contributed by atoms with Crippen molar-refractivity contribution in [3.63, 3.8) is 0 Å². The minimum atomic E-state index is -0.768. The zero-order valence-electron chi connectivity index (χ0n) is 15.8. The summed E-state index contributed by atoms with van der Waals surface area (Å²) in [6.07, 6.45) is 1.32. The van der Waals surface area contributed by atoms with Crippen molar-refractivity contribution in [2.45, 2.75) is 6.92 Å². The van der Waals surface area contributed by atoms with Crippen molar-refractivity contribution in [2.24, 2.45) is 5.10 Å². The number of hydrogen-bond acceptors (Lipinski definition) is 7. The molecule has 0 aliphatic heterocycles. The zero-order chi connectivity index (χ0) is 21.5. The first-order valence-corrected chi connectivity index (χ1v) is 9.61. The fraction of sp³-hybridized carbons (Fsp3) is 0.150. The van der Waals surface area contributed by atoms with Crippen LogP contribution in [0.5, 0.6) is 5.88 Å². The number of esters is 1. The molecule has 0 unspecified atom stereocenters. The van der Waals surface area contributed by atoms with Crippen LogP contribution >= 0.6 is 15.9 Å². The van der Waals surface area contributed by atoms with Crippen molar-refractivity contribution < 1.29 is 23.5 Å². The van der Waals surface area contributed by atoms with Gasteiger partial charge in [0, 0.05) is 10.0 Å². The summed E-state index contributed by atoms with van der Waals surface area (Å²) in [7, 11) is 0. The van der Waals surface area contributed by atoms with Gasteiger partial charge in [-0.1, -0.05) is 45.0 Å². The summed E-state index contributed by atoms with van der Waals surface area (Å²) < 4.78 is 24.6. The van der Waals surface area contributed by atoms with E-state index in [1.54, 1.807) is 37.3 Å². The van der Waals surface area contributed by atoms with Gasteiger partial charge in [0.05, 0.1) is 12.8 Å². The summed E-state index contributed by atoms with van der Waals surface area (Å²) in [6, 6.07) is 12.5. The molecule has 0 atom stereocenters. The van der Waals surface area contributed by atoms with Gasteiger partial charge in [-0.15, -0.1) is 5.10 Å². The second-order valence-corrected chi connectivity index (χ2v) is 6.79. The highest BCUT2D eigenvalue weighted by Gasteiger charge is 2.23. The van der Waals surface area contributed by atoms with Crippen molar-refractivity contribution in [1.29, 1.82) is 0 Å². The normalized spacial score (nSPS) is 10.9. The first kappa shape index (κ1) is 21.3. The van der Waals surface area contributed by atoms with Crippen LogP contribution in [-0.4, -0.2) is 46.3 Å². The Morgan fingerprint density at radius 3 is 2.70 bits per heavy atom. The third-order valence-corrected chi connectivity index (χ3v) is 4.28. The Hall–Kier alpha value is -3.40. The van der Waals surface area contributed by atoms with Crippen LogP contribution in [0.2, 0.25) is 0 Å². The molecule has 3 aromatic rings. The fourth-order valence-corrected chi connectivity index (χ4v) is 2.62. The molecule has 0 fully saturated rings. The minimum absolute atomic E-state index is 0.121. The molecule has 2 aromatic carbocycles. The van der Waals surface area contributed by atoms with Crippen LogP contribution < -0.4 is 4.74 Å². The van der Waals surface area contributed by atoms with E-state index in [1.807, 2.05) is 0 Å². The number of carbonyl (C=O) groups is 2. The van der Waals surface area contributed by atoms with Gasteiger partial charge in [0.2, 0.25) is 5.69 Å². The number of nitrogens with zero attached hydrogens (tertiary/aromatic N) is 4. The molecule has 1 aromatic heterocycles. The van der Waals surface area contributed by atoms with E-state index in [0.717, 1.165) is 9.26 Å². The Labute approximate surface area is 179 Å². The lowest BCUT2D eigenvalue weighted by atomic mass is 10.1. The highest BCUT2D eigenvalue weighted by molar-refractivity contribution is 9.10. The largest absolute Gasteiger partial charge is 0.466 e. The van der Waals surface area contributed by atoms with Crippen molar-refractivity contribution in [3.05, 3.63) is 75.6 Å². The first-order valence-electron chi connectivity index (χ1n) is 8.82. The molecule has 3 rings (SSSR count). The van der Waals surface area contributed by atoms with E-state index in [-0.39, 0.29) is 30.6 Å². The Balaban J connectivity index is 1.84. The second-order valence-electron chi connectivity index (χ2n) is 5.87. The van der Waals surface area contributed by atoms with Crippen molar-refractivity contribution in [2.75, 3.05) is 13.2 Å². The van der Waals surface area contributed by atoms with E-state index >= 15 is 0 Å². The molecule has 0 N–H and O–H groups in total. The van der Waals surface area contributed by atoms with Crippen LogP contribution in [0.25, 0.3) is 0 Å². The van der Waals surface area contributed by atoms with Gasteiger partial charge in [-0.3, -0.25) is 4.79 Å². The summed E-state index contributed by atoms with van der Waals surface area (Å²) in [5.74, 6) is -1.68. The van der Waals surface area contributed by atoms with Gasteiger partial charge < -0.3 is 9.47 Å². The zero-order valence-corrected chi connectivity index (χ0v) is 17.4. The van der Waals surface area contributed by atoms with E-state index in [1.165, 1.54) is 24.4 Å². The molecular formula is C20H16BrFN4O4. The maximum absolute atomic E-state index is 13.3. The molecule has 1 heterocycles. The van der Waals surface area contributed by atoms with Gasteiger partial charge in [0.1, 0.15) is 5.82 Å². The molecule has 0 radical (unpaired) electrons. The number of aromatic nitrogens is 3. The van der Waals surface area contributed by atoms with Gasteiger partial charge >= 0.3 is 5.97 Å². The molecule has 0 aliphatic rings. The van der Waals surface area contributed by atoms with E-state index in [2.05, 4.69) is 31.3 Å². The highest BCUT2D eigenvalue weighted by atomic mass is 79.9. The summed E-state index contributed by atoms with van der Waals surface area (Å²) >= 11 is 3.30. The number of ether oxygens (including phenoxy) is 2. The maximum atomic E-state index is 13.3. The topological polar surface area (TPSA) is 95.7 Å². The first-order chi connectivity index (χ1) is 14.5. The van der Waals surface area contributed by atoms with Crippen LogP contribution in [-0.2, 0) is 4.74 Å². The summed E-state index contributed by atoms with van der Waals surface area (Å²) in [6.45, 7) is 1.38. The summed E-state index contributed by atoms with van der Waals surface area (Å²) in [5.41, 5.74) is 0.662. The third kappa shape index (κ3) is 5.35. The van der Waals surface area contributed by atoms with Gasteiger partial charge in [0.25, 0.3) is 5.88 Å². The lowest BCUT2D eigenvalue weighted by Crippen LogP contribution is -2.15. The number of halogens is 2. The maximum Gasteiger partial charge on any atom is 0.364 e. The average molecular weight is 475 g/mol. The number of rotatable bonds is 8. The van der Waals surface area contributed by atoms with Gasteiger partial charge in [0.15, 0.2) is 12.4 Å². The SMILES string of the molecule is CCOC(=O)c1nnn(/N=C\c2cccc(F)c2)c1OCC(=O)c1ccc(Br)cc1. The van der Waals surface area contributed by atoms with E-state index < -0.39 is 11.8 Å². The van der Waals surface area contributed by atoms with Crippen LogP contribution in [0, 0.1) is 5.82 Å². The molecule has 0 spiro atoms. The number of Topliss-reactive ketones (excluding diaryl/α,β-unsaturated/α-hetero) is 1. The third-order valence-electron chi connectivity index (χ3n) is 3.75. The Morgan fingerprint density at radius 1 is 1.23 bits per heavy atom. The van der Waals surface area contributed by atoms with Crippen LogP contribution in [0.4, 0.5) is 4.39 Å². The molecule has 0 amide bonds. The second kappa shape index (κ2) is 9.88. The van der Waals surface area contributed by atoms with E-state index in [0.29, 0.717) is 11.1 Å². The average Bonchev–Trinajstić information content (AvgIpc) is 3.14. The lowest BCUT2D eigenvalue weighted by molar-refractivity contribution is 0.0512. The van der Waals surface area contributed by atoms with Crippen molar-refractivity contribution in [1.82, 2.24) is 15.1 Å². The predicted octanol–water partition coefficient (Wildman–Crippen LogP) is 3.50. The molecular weight excluding hydrogens is 459 g/mol. The van der Waals surface area contributed by atoms with E-state index in [9.17, 15) is 14.0 Å².